The van der Waals surface area contributed by atoms with E-state index < -0.39 is 0 Å². The molecule has 19 heavy (non-hydrogen) atoms. The molecule has 0 amide bonds. The predicted octanol–water partition coefficient (Wildman–Crippen LogP) is 1.76. The molecule has 0 aromatic heterocycles. The second-order valence-corrected chi connectivity index (χ2v) is 5.12. The van der Waals surface area contributed by atoms with Crippen molar-refractivity contribution in [1.82, 2.24) is 4.90 Å². The van der Waals surface area contributed by atoms with E-state index in [1.807, 2.05) is 6.07 Å². The third-order valence-electron chi connectivity index (χ3n) is 3.51. The van der Waals surface area contributed by atoms with Gasteiger partial charge in [-0.2, -0.15) is 0 Å². The zero-order chi connectivity index (χ0) is 13.7. The highest BCUT2D eigenvalue weighted by Gasteiger charge is 2.15. The van der Waals surface area contributed by atoms with Gasteiger partial charge in [0.15, 0.2) is 0 Å². The zero-order valence-corrected chi connectivity index (χ0v) is 11.9. The van der Waals surface area contributed by atoms with Crippen LogP contribution >= 0.6 is 0 Å². The predicted molar refractivity (Wildman–Crippen MR) is 76.2 cm³/mol. The second-order valence-electron chi connectivity index (χ2n) is 5.12. The summed E-state index contributed by atoms with van der Waals surface area (Å²) in [4.78, 5) is 2.44. The third kappa shape index (κ3) is 3.93. The summed E-state index contributed by atoms with van der Waals surface area (Å²) < 4.78 is 11.0. The Morgan fingerprint density at radius 3 is 3.05 bits per heavy atom. The quantitative estimate of drug-likeness (QED) is 0.900. The van der Waals surface area contributed by atoms with Crippen LogP contribution in [0, 0.1) is 0 Å². The van der Waals surface area contributed by atoms with Crippen LogP contribution < -0.4 is 10.5 Å². The summed E-state index contributed by atoms with van der Waals surface area (Å²) in [6.45, 7) is 6.55. The summed E-state index contributed by atoms with van der Waals surface area (Å²) in [5.74, 6) is 0.874. The fraction of sp³-hybridized carbons (Fsp3) is 0.600. The fourth-order valence-corrected chi connectivity index (χ4v) is 2.57. The van der Waals surface area contributed by atoms with Crippen molar-refractivity contribution in [2.45, 2.75) is 32.5 Å². The smallest absolute Gasteiger partial charge is 0.123 e. The van der Waals surface area contributed by atoms with E-state index in [4.69, 9.17) is 15.2 Å². The fourth-order valence-electron chi connectivity index (χ4n) is 2.57. The van der Waals surface area contributed by atoms with Gasteiger partial charge in [-0.3, -0.25) is 4.90 Å². The van der Waals surface area contributed by atoms with Crippen molar-refractivity contribution in [2.75, 3.05) is 26.8 Å². The number of benzene rings is 1. The molecule has 1 unspecified atom stereocenters. The van der Waals surface area contributed by atoms with Gasteiger partial charge in [-0.15, -0.1) is 0 Å². The van der Waals surface area contributed by atoms with Gasteiger partial charge in [0, 0.05) is 38.3 Å². The van der Waals surface area contributed by atoms with E-state index in [1.54, 1.807) is 7.11 Å². The first kappa shape index (κ1) is 14.3. The van der Waals surface area contributed by atoms with E-state index >= 15 is 0 Å². The molecule has 1 aromatic carbocycles. The molecule has 4 heteroatoms. The van der Waals surface area contributed by atoms with E-state index in [0.717, 1.165) is 44.0 Å². The van der Waals surface area contributed by atoms with Gasteiger partial charge in [-0.1, -0.05) is 6.07 Å². The highest BCUT2D eigenvalue weighted by Crippen LogP contribution is 2.20. The lowest BCUT2D eigenvalue weighted by Crippen LogP contribution is -2.29. The van der Waals surface area contributed by atoms with Crippen LogP contribution in [0.5, 0.6) is 5.75 Å². The molecule has 1 aliphatic rings. The number of ether oxygens (including phenoxy) is 2. The maximum absolute atomic E-state index is 5.76. The minimum Gasteiger partial charge on any atom is -0.496 e. The van der Waals surface area contributed by atoms with Gasteiger partial charge in [-0.25, -0.2) is 0 Å². The Balaban J connectivity index is 2.05. The van der Waals surface area contributed by atoms with Gasteiger partial charge in [0.25, 0.3) is 0 Å². The van der Waals surface area contributed by atoms with E-state index in [0.29, 0.717) is 12.6 Å². The van der Waals surface area contributed by atoms with Gasteiger partial charge in [0.2, 0.25) is 0 Å². The van der Waals surface area contributed by atoms with Crippen LogP contribution in [-0.4, -0.2) is 37.8 Å². The van der Waals surface area contributed by atoms with Crippen molar-refractivity contribution in [3.63, 3.8) is 0 Å². The Morgan fingerprint density at radius 2 is 2.32 bits per heavy atom. The molecule has 106 valence electrons. The Bertz CT molecular complexity index is 409. The average molecular weight is 264 g/mol. The Kier molecular flexibility index (Phi) is 5.19. The number of rotatable bonds is 4. The van der Waals surface area contributed by atoms with Gasteiger partial charge >= 0.3 is 0 Å². The monoisotopic (exact) mass is 264 g/mol. The van der Waals surface area contributed by atoms with Crippen LogP contribution in [0.2, 0.25) is 0 Å². The lowest BCUT2D eigenvalue weighted by Gasteiger charge is -2.22. The minimum absolute atomic E-state index is 0.315. The summed E-state index contributed by atoms with van der Waals surface area (Å²) in [5.41, 5.74) is 8.12. The van der Waals surface area contributed by atoms with Crippen LogP contribution in [0.3, 0.4) is 0 Å². The van der Waals surface area contributed by atoms with Crippen LogP contribution in [0.4, 0.5) is 0 Å². The lowest BCUT2D eigenvalue weighted by atomic mass is 10.1. The molecule has 2 N–H and O–H groups in total. The summed E-state index contributed by atoms with van der Waals surface area (Å²) in [5, 5.41) is 0. The Hall–Kier alpha value is -1.10. The molecule has 2 rings (SSSR count). The van der Waals surface area contributed by atoms with Crippen LogP contribution in [-0.2, 0) is 17.8 Å². The molecule has 0 saturated carbocycles. The standard InChI is InChI=1S/C15H24N2O2/c1-12-10-17(6-3-7-19-12)11-13-4-5-15(18-2)14(8-13)9-16/h4-5,8,12H,3,6-7,9-11,16H2,1-2H3. The van der Waals surface area contributed by atoms with Gasteiger partial charge in [-0.05, 0) is 31.0 Å². The molecule has 1 atom stereocenters. The summed E-state index contributed by atoms with van der Waals surface area (Å²) >= 11 is 0. The average Bonchev–Trinajstić information content (AvgIpc) is 2.63. The van der Waals surface area contributed by atoms with Crippen molar-refractivity contribution in [3.05, 3.63) is 29.3 Å². The molecule has 1 saturated heterocycles. The second kappa shape index (κ2) is 6.89. The first-order chi connectivity index (χ1) is 9.22. The molecule has 1 aliphatic heterocycles. The Labute approximate surface area is 115 Å². The van der Waals surface area contributed by atoms with Crippen molar-refractivity contribution < 1.29 is 9.47 Å². The third-order valence-corrected chi connectivity index (χ3v) is 3.51. The molecule has 1 heterocycles. The van der Waals surface area contributed by atoms with Crippen molar-refractivity contribution in [3.8, 4) is 5.75 Å². The van der Waals surface area contributed by atoms with Crippen LogP contribution in [0.15, 0.2) is 18.2 Å². The highest BCUT2D eigenvalue weighted by atomic mass is 16.5. The molecule has 4 nitrogen and oxygen atoms in total. The van der Waals surface area contributed by atoms with Crippen LogP contribution in [0.25, 0.3) is 0 Å². The summed E-state index contributed by atoms with van der Waals surface area (Å²) in [7, 11) is 1.68. The number of hydrogen-bond donors (Lipinski definition) is 1. The topological polar surface area (TPSA) is 47.7 Å². The molecule has 0 aliphatic carbocycles. The lowest BCUT2D eigenvalue weighted by molar-refractivity contribution is 0.0668. The van der Waals surface area contributed by atoms with Crippen molar-refractivity contribution >= 4 is 0 Å². The maximum Gasteiger partial charge on any atom is 0.123 e. The summed E-state index contributed by atoms with van der Waals surface area (Å²) in [6.07, 6.45) is 1.42. The zero-order valence-electron chi connectivity index (χ0n) is 11.9. The molecule has 1 fully saturated rings. The first-order valence-corrected chi connectivity index (χ1v) is 6.92. The molecular weight excluding hydrogens is 240 g/mol. The van der Waals surface area contributed by atoms with Crippen LogP contribution in [0.1, 0.15) is 24.5 Å². The Morgan fingerprint density at radius 1 is 1.47 bits per heavy atom. The highest BCUT2D eigenvalue weighted by molar-refractivity contribution is 5.37. The number of hydrogen-bond acceptors (Lipinski definition) is 4. The van der Waals surface area contributed by atoms with E-state index in [-0.39, 0.29) is 0 Å². The molecule has 0 spiro atoms. The largest absolute Gasteiger partial charge is 0.496 e. The normalized spacial score (nSPS) is 21.1. The first-order valence-electron chi connectivity index (χ1n) is 6.92. The molecule has 0 bridgehead atoms. The molecular formula is C15H24N2O2. The van der Waals surface area contributed by atoms with E-state index in [1.165, 1.54) is 5.56 Å². The van der Waals surface area contributed by atoms with E-state index in [2.05, 4.69) is 24.0 Å². The van der Waals surface area contributed by atoms with Gasteiger partial charge in [0.1, 0.15) is 5.75 Å². The van der Waals surface area contributed by atoms with Crippen molar-refractivity contribution in [1.29, 1.82) is 0 Å². The van der Waals surface area contributed by atoms with Gasteiger partial charge < -0.3 is 15.2 Å². The number of methoxy groups -OCH3 is 1. The number of nitrogens with two attached hydrogens (primary N) is 1. The molecule has 0 radical (unpaired) electrons. The molecule has 1 aromatic rings. The number of nitrogens with zero attached hydrogens (tertiary/aromatic N) is 1. The maximum atomic E-state index is 5.76. The minimum atomic E-state index is 0.315. The van der Waals surface area contributed by atoms with E-state index in [9.17, 15) is 0 Å². The van der Waals surface area contributed by atoms with Gasteiger partial charge in [0.05, 0.1) is 13.2 Å². The summed E-state index contributed by atoms with van der Waals surface area (Å²) in [6, 6.07) is 6.28. The van der Waals surface area contributed by atoms with Crippen molar-refractivity contribution in [2.24, 2.45) is 5.73 Å². The SMILES string of the molecule is COc1ccc(CN2CCCOC(C)C2)cc1CN.